The number of amides is 2. The number of benzene rings is 1. The van der Waals surface area contributed by atoms with Crippen molar-refractivity contribution < 1.29 is 22.4 Å². The van der Waals surface area contributed by atoms with Gasteiger partial charge in [0.15, 0.2) is 0 Å². The molecule has 1 aromatic heterocycles. The highest BCUT2D eigenvalue weighted by atomic mass is 32.2. The molecule has 172 valence electrons. The van der Waals surface area contributed by atoms with Crippen LogP contribution in [0.3, 0.4) is 0 Å². The van der Waals surface area contributed by atoms with Gasteiger partial charge in [-0.2, -0.15) is 4.31 Å². The number of hydrogen-bond donors (Lipinski definition) is 2. The van der Waals surface area contributed by atoms with E-state index in [4.69, 9.17) is 0 Å². The maximum atomic E-state index is 13.6. The summed E-state index contributed by atoms with van der Waals surface area (Å²) in [6.07, 6.45) is 4.66. The second-order valence-corrected chi connectivity index (χ2v) is 9.60. The summed E-state index contributed by atoms with van der Waals surface area (Å²) in [4.78, 5) is 28.7. The second kappa shape index (κ2) is 11.1. The molecule has 2 N–H and O–H groups in total. The van der Waals surface area contributed by atoms with Crippen LogP contribution in [0.25, 0.3) is 0 Å². The van der Waals surface area contributed by atoms with Crippen LogP contribution in [0.4, 0.5) is 4.39 Å². The van der Waals surface area contributed by atoms with Crippen molar-refractivity contribution in [1.29, 1.82) is 0 Å². The monoisotopic (exact) mass is 462 g/mol. The number of nitrogens with zero attached hydrogens (tertiary/aromatic N) is 2. The smallest absolute Gasteiger partial charge is 0.243 e. The molecule has 10 heteroatoms. The molecule has 1 atom stereocenters. The van der Waals surface area contributed by atoms with E-state index in [0.717, 1.165) is 11.6 Å². The van der Waals surface area contributed by atoms with Gasteiger partial charge in [0.2, 0.25) is 21.8 Å². The van der Waals surface area contributed by atoms with E-state index in [1.807, 2.05) is 12.1 Å². The van der Waals surface area contributed by atoms with Crippen molar-refractivity contribution in [1.82, 2.24) is 19.9 Å². The van der Waals surface area contributed by atoms with Gasteiger partial charge < -0.3 is 10.6 Å². The molecule has 0 spiro atoms. The van der Waals surface area contributed by atoms with Gasteiger partial charge in [0, 0.05) is 50.9 Å². The number of carbonyl (C=O) groups is 2. The second-order valence-electron chi connectivity index (χ2n) is 7.66. The van der Waals surface area contributed by atoms with E-state index in [0.29, 0.717) is 32.4 Å². The molecule has 1 aromatic carbocycles. The van der Waals surface area contributed by atoms with Crippen molar-refractivity contribution in [3.63, 3.8) is 0 Å². The molecule has 1 aliphatic heterocycles. The minimum absolute atomic E-state index is 0.00650. The number of nitrogens with one attached hydrogen (secondary N) is 2. The average molecular weight is 463 g/mol. The maximum absolute atomic E-state index is 13.6. The van der Waals surface area contributed by atoms with Gasteiger partial charge in [-0.3, -0.25) is 14.6 Å². The molecule has 0 radical (unpaired) electrons. The summed E-state index contributed by atoms with van der Waals surface area (Å²) in [5.74, 6) is -1.45. The van der Waals surface area contributed by atoms with Crippen LogP contribution in [0, 0.1) is 11.7 Å². The van der Waals surface area contributed by atoms with Crippen LogP contribution >= 0.6 is 0 Å². The van der Waals surface area contributed by atoms with E-state index in [1.54, 1.807) is 12.4 Å². The zero-order valence-corrected chi connectivity index (χ0v) is 18.5. The van der Waals surface area contributed by atoms with E-state index in [9.17, 15) is 22.4 Å². The number of hydrogen-bond acceptors (Lipinski definition) is 5. The summed E-state index contributed by atoms with van der Waals surface area (Å²) < 4.78 is 40.8. The predicted molar refractivity (Wildman–Crippen MR) is 116 cm³/mol. The van der Waals surface area contributed by atoms with Crippen LogP contribution in [-0.2, 0) is 26.2 Å². The highest BCUT2D eigenvalue weighted by Gasteiger charge is 2.27. The van der Waals surface area contributed by atoms with Crippen molar-refractivity contribution in [3.05, 3.63) is 60.2 Å². The Labute approximate surface area is 187 Å². The van der Waals surface area contributed by atoms with Gasteiger partial charge in [-0.1, -0.05) is 6.07 Å². The van der Waals surface area contributed by atoms with Gasteiger partial charge in [-0.05, 0) is 55.2 Å². The Kier molecular flexibility index (Phi) is 8.29. The molecule has 0 bridgehead atoms. The summed E-state index contributed by atoms with van der Waals surface area (Å²) in [5, 5.41) is 5.65. The molecule has 1 fully saturated rings. The van der Waals surface area contributed by atoms with E-state index >= 15 is 0 Å². The molecule has 2 amide bonds. The topological polar surface area (TPSA) is 108 Å². The molecule has 1 aliphatic rings. The molecule has 1 saturated heterocycles. The van der Waals surface area contributed by atoms with Crippen molar-refractivity contribution in [2.75, 3.05) is 19.6 Å². The molecule has 3 rings (SSSR count). The van der Waals surface area contributed by atoms with Crippen molar-refractivity contribution in [2.45, 2.75) is 37.1 Å². The van der Waals surface area contributed by atoms with Gasteiger partial charge in [0.25, 0.3) is 0 Å². The fraction of sp³-hybridized carbons (Fsp3) is 0.409. The third kappa shape index (κ3) is 6.57. The quantitative estimate of drug-likeness (QED) is 0.705. The van der Waals surface area contributed by atoms with E-state index < -0.39 is 15.8 Å². The first-order chi connectivity index (χ1) is 15.4. The van der Waals surface area contributed by atoms with Crippen LogP contribution in [0.1, 0.15) is 31.2 Å². The lowest BCUT2D eigenvalue weighted by atomic mass is 9.98. The summed E-state index contributed by atoms with van der Waals surface area (Å²) >= 11 is 0. The minimum atomic E-state index is -3.96. The standard InChI is InChI=1S/C22H27FN4O4S/c23-19-4-1-5-20(15-19)32(30,31)27-13-2-3-18(8-12-25-21(28)9-14-27)22(29)26-16-17-6-10-24-11-7-17/h1,4-7,10-11,15,18H,2-3,8-9,12-14,16H2,(H,25,28)(H,26,29). The highest BCUT2D eigenvalue weighted by molar-refractivity contribution is 7.89. The van der Waals surface area contributed by atoms with Gasteiger partial charge >= 0.3 is 0 Å². The summed E-state index contributed by atoms with van der Waals surface area (Å²) in [6.45, 7) is 0.830. The first-order valence-corrected chi connectivity index (χ1v) is 12.0. The van der Waals surface area contributed by atoms with Gasteiger partial charge in [-0.15, -0.1) is 0 Å². The zero-order chi connectivity index (χ0) is 23.0. The maximum Gasteiger partial charge on any atom is 0.243 e. The first-order valence-electron chi connectivity index (χ1n) is 10.6. The number of halogens is 1. The van der Waals surface area contributed by atoms with Gasteiger partial charge in [0.05, 0.1) is 4.90 Å². The van der Waals surface area contributed by atoms with Gasteiger partial charge in [-0.25, -0.2) is 12.8 Å². The lowest BCUT2D eigenvalue weighted by Crippen LogP contribution is -2.35. The third-order valence-corrected chi connectivity index (χ3v) is 7.28. The molecule has 8 nitrogen and oxygen atoms in total. The Balaban J connectivity index is 1.68. The molecule has 1 unspecified atom stereocenters. The van der Waals surface area contributed by atoms with Crippen LogP contribution in [-0.4, -0.2) is 49.2 Å². The third-order valence-electron chi connectivity index (χ3n) is 5.38. The Morgan fingerprint density at radius 1 is 1.19 bits per heavy atom. The predicted octanol–water partition coefficient (Wildman–Crippen LogP) is 1.83. The first kappa shape index (κ1) is 23.8. The fourth-order valence-corrected chi connectivity index (χ4v) is 5.10. The largest absolute Gasteiger partial charge is 0.356 e. The molecule has 0 saturated carbocycles. The summed E-state index contributed by atoms with van der Waals surface area (Å²) in [7, 11) is -3.96. The van der Waals surface area contributed by atoms with E-state index in [2.05, 4.69) is 15.6 Å². The summed E-state index contributed by atoms with van der Waals surface area (Å²) in [6, 6.07) is 8.44. The number of carbonyl (C=O) groups excluding carboxylic acids is 2. The normalized spacial score (nSPS) is 18.9. The minimum Gasteiger partial charge on any atom is -0.356 e. The molecule has 2 heterocycles. The number of pyridine rings is 1. The molecule has 2 aromatic rings. The molecular formula is C22H27FN4O4S. The highest BCUT2D eigenvalue weighted by Crippen LogP contribution is 2.20. The molecular weight excluding hydrogens is 435 g/mol. The van der Waals surface area contributed by atoms with Crippen molar-refractivity contribution in [3.8, 4) is 0 Å². The Morgan fingerprint density at radius 3 is 2.72 bits per heavy atom. The fourth-order valence-electron chi connectivity index (χ4n) is 3.58. The van der Waals surface area contributed by atoms with Crippen molar-refractivity contribution >= 4 is 21.8 Å². The summed E-state index contributed by atoms with van der Waals surface area (Å²) in [5.41, 5.74) is 0.922. The van der Waals surface area contributed by atoms with Crippen LogP contribution < -0.4 is 10.6 Å². The molecule has 0 aliphatic carbocycles. The van der Waals surface area contributed by atoms with E-state index in [1.165, 1.54) is 22.5 Å². The van der Waals surface area contributed by atoms with Gasteiger partial charge in [0.1, 0.15) is 5.82 Å². The lowest BCUT2D eigenvalue weighted by Gasteiger charge is -2.22. The SMILES string of the molecule is O=C1CCN(S(=O)(=O)c2cccc(F)c2)CCCC(C(=O)NCc2ccncc2)CCN1. The number of aromatic nitrogens is 1. The van der Waals surface area contributed by atoms with E-state index in [-0.39, 0.29) is 42.1 Å². The van der Waals surface area contributed by atoms with Crippen LogP contribution in [0.5, 0.6) is 0 Å². The number of rotatable bonds is 5. The lowest BCUT2D eigenvalue weighted by molar-refractivity contribution is -0.126. The Morgan fingerprint density at radius 2 is 1.97 bits per heavy atom. The zero-order valence-electron chi connectivity index (χ0n) is 17.7. The average Bonchev–Trinajstić information content (AvgIpc) is 2.83. The van der Waals surface area contributed by atoms with Crippen molar-refractivity contribution in [2.24, 2.45) is 5.92 Å². The number of sulfonamides is 1. The Hall–Kier alpha value is -2.85. The van der Waals surface area contributed by atoms with Crippen LogP contribution in [0.2, 0.25) is 0 Å². The van der Waals surface area contributed by atoms with Crippen LogP contribution in [0.15, 0.2) is 53.7 Å². The Bertz CT molecular complexity index is 1030. The molecule has 32 heavy (non-hydrogen) atoms.